The first kappa shape index (κ1) is 19.2. The minimum Gasteiger partial charge on any atom is -0.396 e. The molecule has 2 aliphatic rings. The fourth-order valence-corrected chi connectivity index (χ4v) is 4.95. The molecule has 0 radical (unpaired) electrons. The molecule has 7 nitrogen and oxygen atoms in total. The van der Waals surface area contributed by atoms with E-state index in [1.165, 1.54) is 0 Å². The van der Waals surface area contributed by atoms with Gasteiger partial charge in [0.05, 0.1) is 0 Å². The lowest BCUT2D eigenvalue weighted by Gasteiger charge is -2.51. The van der Waals surface area contributed by atoms with Crippen molar-refractivity contribution in [1.29, 1.82) is 0 Å². The Morgan fingerprint density at radius 1 is 1.21 bits per heavy atom. The minimum atomic E-state index is 0.0503. The lowest BCUT2D eigenvalue weighted by Crippen LogP contribution is -2.54. The van der Waals surface area contributed by atoms with Crippen LogP contribution >= 0.6 is 0 Å². The molecule has 0 unspecified atom stereocenters. The minimum absolute atomic E-state index is 0.0503. The first-order valence-electron chi connectivity index (χ1n) is 10.4. The molecule has 0 aromatic carbocycles. The number of nitrogens with zero attached hydrogens (tertiary/aromatic N) is 4. The van der Waals surface area contributed by atoms with Gasteiger partial charge in [-0.25, -0.2) is 0 Å². The van der Waals surface area contributed by atoms with E-state index in [4.69, 9.17) is 0 Å². The van der Waals surface area contributed by atoms with E-state index < -0.39 is 0 Å². The zero-order valence-electron chi connectivity index (χ0n) is 16.5. The average Bonchev–Trinajstić information content (AvgIpc) is 3.44. The molecule has 28 heavy (non-hydrogen) atoms. The fraction of sp³-hybridized carbons (Fsp3) is 0.619. The van der Waals surface area contributed by atoms with E-state index in [1.54, 1.807) is 6.20 Å². The topological polar surface area (TPSA) is 77.4 Å². The number of aromatic nitrogens is 3. The molecule has 2 aromatic rings. The van der Waals surface area contributed by atoms with Gasteiger partial charge in [0.25, 0.3) is 5.91 Å². The number of aryl methyl sites for hydroxylation is 1. The molecule has 0 bridgehead atoms. The molecule has 1 spiro atoms. The summed E-state index contributed by atoms with van der Waals surface area (Å²) in [6.45, 7) is 5.83. The van der Waals surface area contributed by atoms with Crippen LogP contribution in [-0.2, 0) is 6.54 Å². The summed E-state index contributed by atoms with van der Waals surface area (Å²) in [5, 5.41) is 14.3. The molecule has 4 rings (SSSR count). The Hall–Kier alpha value is -2.12. The predicted octanol–water partition coefficient (Wildman–Crippen LogP) is 1.84. The summed E-state index contributed by atoms with van der Waals surface area (Å²) in [5.41, 5.74) is 0.819. The molecule has 0 aliphatic carbocycles. The van der Waals surface area contributed by atoms with Crippen LogP contribution in [0.15, 0.2) is 36.8 Å². The second-order valence-electron chi connectivity index (χ2n) is 8.29. The Labute approximate surface area is 166 Å². The third-order valence-corrected chi connectivity index (χ3v) is 6.79. The van der Waals surface area contributed by atoms with Crippen molar-refractivity contribution in [3.63, 3.8) is 0 Å². The van der Waals surface area contributed by atoms with Gasteiger partial charge in [-0.1, -0.05) is 0 Å². The van der Waals surface area contributed by atoms with Crippen molar-refractivity contribution in [2.24, 2.45) is 11.3 Å². The molecule has 0 saturated carbocycles. The van der Waals surface area contributed by atoms with Gasteiger partial charge in [0.2, 0.25) is 0 Å². The zero-order valence-corrected chi connectivity index (χ0v) is 16.5. The lowest BCUT2D eigenvalue weighted by atomic mass is 9.64. The smallest absolute Gasteiger partial charge is 0.270 e. The maximum atomic E-state index is 12.7. The number of piperidine rings is 2. The number of hydrogen-bond donors (Lipinski definition) is 2. The number of amides is 1. The van der Waals surface area contributed by atoms with Gasteiger partial charge in [-0.15, -0.1) is 0 Å². The summed E-state index contributed by atoms with van der Waals surface area (Å²) in [4.78, 5) is 20.1. The molecule has 1 atom stereocenters. The lowest BCUT2D eigenvalue weighted by molar-refractivity contribution is -0.0355. The first-order valence-corrected chi connectivity index (χ1v) is 10.4. The Bertz CT molecular complexity index is 735. The van der Waals surface area contributed by atoms with E-state index in [1.807, 2.05) is 40.2 Å². The number of nitrogens with one attached hydrogen (secondary N) is 1. The summed E-state index contributed by atoms with van der Waals surface area (Å²) in [5.74, 6) is 0.223. The van der Waals surface area contributed by atoms with Crippen LogP contribution in [0.4, 0.5) is 0 Å². The molecule has 2 aliphatic heterocycles. The Balaban J connectivity index is 1.28. The highest BCUT2D eigenvalue weighted by molar-refractivity contribution is 5.92. The fourth-order valence-electron chi connectivity index (χ4n) is 4.95. The molecule has 1 amide bonds. The van der Waals surface area contributed by atoms with E-state index in [0.717, 1.165) is 58.4 Å². The van der Waals surface area contributed by atoms with Crippen LogP contribution in [0.2, 0.25) is 0 Å². The number of rotatable bonds is 6. The monoisotopic (exact) mass is 385 g/mol. The third-order valence-electron chi connectivity index (χ3n) is 6.79. The molecule has 152 valence electrons. The normalized spacial score (nSPS) is 22.6. The van der Waals surface area contributed by atoms with Gasteiger partial charge in [0.1, 0.15) is 5.69 Å². The van der Waals surface area contributed by atoms with Crippen molar-refractivity contribution >= 4 is 5.91 Å². The average molecular weight is 386 g/mol. The van der Waals surface area contributed by atoms with E-state index in [-0.39, 0.29) is 23.8 Å². The number of aromatic amines is 1. The summed E-state index contributed by atoms with van der Waals surface area (Å²) >= 11 is 0. The van der Waals surface area contributed by atoms with Crippen LogP contribution in [0.5, 0.6) is 0 Å². The third kappa shape index (κ3) is 4.00. The van der Waals surface area contributed by atoms with Crippen LogP contribution in [0, 0.1) is 11.3 Å². The number of H-pyrrole nitrogens is 1. The van der Waals surface area contributed by atoms with Crippen molar-refractivity contribution in [3.8, 4) is 0 Å². The Morgan fingerprint density at radius 2 is 2.04 bits per heavy atom. The van der Waals surface area contributed by atoms with Crippen molar-refractivity contribution in [1.82, 2.24) is 24.6 Å². The Kier molecular flexibility index (Phi) is 5.82. The van der Waals surface area contributed by atoms with E-state index in [0.29, 0.717) is 12.2 Å². The predicted molar refractivity (Wildman–Crippen MR) is 107 cm³/mol. The Morgan fingerprint density at radius 3 is 2.71 bits per heavy atom. The maximum absolute atomic E-state index is 12.7. The standard InChI is InChI=1S/C21H31N5O2/c27-17-18-16-25(20(28)19-4-1-8-22-19)15-7-21(18)5-13-24(14-6-21)10-3-12-26-11-2-9-23-26/h1-2,4,8-9,11,18,22,27H,3,5-7,10,12-17H2/t18-/m1/s1. The molecule has 7 heteroatoms. The molecular weight excluding hydrogens is 354 g/mol. The maximum Gasteiger partial charge on any atom is 0.270 e. The second-order valence-corrected chi connectivity index (χ2v) is 8.29. The molecular formula is C21H31N5O2. The highest BCUT2D eigenvalue weighted by atomic mass is 16.3. The van der Waals surface area contributed by atoms with Crippen molar-refractivity contribution in [3.05, 3.63) is 42.5 Å². The van der Waals surface area contributed by atoms with E-state index >= 15 is 0 Å². The molecule has 2 aromatic heterocycles. The number of carbonyl (C=O) groups excluding carboxylic acids is 1. The van der Waals surface area contributed by atoms with Gasteiger partial charge in [0, 0.05) is 50.7 Å². The van der Waals surface area contributed by atoms with E-state index in [9.17, 15) is 9.90 Å². The quantitative estimate of drug-likeness (QED) is 0.795. The van der Waals surface area contributed by atoms with Crippen molar-refractivity contribution in [2.45, 2.75) is 32.2 Å². The van der Waals surface area contributed by atoms with Crippen LogP contribution < -0.4 is 0 Å². The molecule has 4 heterocycles. The molecule has 2 fully saturated rings. The van der Waals surface area contributed by atoms with Gasteiger partial charge in [-0.05, 0) is 68.9 Å². The van der Waals surface area contributed by atoms with Gasteiger partial charge in [-0.3, -0.25) is 9.48 Å². The highest BCUT2D eigenvalue weighted by Crippen LogP contribution is 2.45. The molecule has 2 saturated heterocycles. The van der Waals surface area contributed by atoms with Gasteiger partial charge in [-0.2, -0.15) is 5.10 Å². The first-order chi connectivity index (χ1) is 13.7. The number of carbonyl (C=O) groups is 1. The van der Waals surface area contributed by atoms with Gasteiger partial charge in [0.15, 0.2) is 0 Å². The number of likely N-dealkylation sites (tertiary alicyclic amines) is 2. The number of aliphatic hydroxyl groups is 1. The molecule has 2 N–H and O–H groups in total. The second kappa shape index (κ2) is 8.49. The summed E-state index contributed by atoms with van der Waals surface area (Å²) < 4.78 is 1.99. The number of hydrogen-bond acceptors (Lipinski definition) is 4. The van der Waals surface area contributed by atoms with Crippen molar-refractivity contribution < 1.29 is 9.90 Å². The summed E-state index contributed by atoms with van der Waals surface area (Å²) in [7, 11) is 0. The van der Waals surface area contributed by atoms with Gasteiger partial charge >= 0.3 is 0 Å². The summed E-state index contributed by atoms with van der Waals surface area (Å²) in [6.07, 6.45) is 9.95. The summed E-state index contributed by atoms with van der Waals surface area (Å²) in [6, 6.07) is 5.64. The van der Waals surface area contributed by atoms with Crippen LogP contribution in [0.1, 0.15) is 36.2 Å². The van der Waals surface area contributed by atoms with E-state index in [2.05, 4.69) is 15.0 Å². The van der Waals surface area contributed by atoms with Crippen LogP contribution in [0.25, 0.3) is 0 Å². The van der Waals surface area contributed by atoms with Crippen molar-refractivity contribution in [2.75, 3.05) is 39.3 Å². The van der Waals surface area contributed by atoms with Gasteiger partial charge < -0.3 is 19.9 Å². The number of aliphatic hydroxyl groups excluding tert-OH is 1. The highest BCUT2D eigenvalue weighted by Gasteiger charge is 2.45. The zero-order chi connectivity index (χ0) is 19.4. The largest absolute Gasteiger partial charge is 0.396 e. The van der Waals surface area contributed by atoms with Crippen LogP contribution in [-0.4, -0.2) is 74.9 Å². The SMILES string of the molecule is O=C(c1ccc[nH]1)N1CCC2(CCN(CCCn3cccn3)CC2)[C@@H](CO)C1. The van der Waals surface area contributed by atoms with Crippen LogP contribution in [0.3, 0.4) is 0 Å².